The first kappa shape index (κ1) is 25.4. The summed E-state index contributed by atoms with van der Waals surface area (Å²) in [5, 5.41) is 1.05. The van der Waals surface area contributed by atoms with Crippen LogP contribution in [0, 0.1) is 6.92 Å². The van der Waals surface area contributed by atoms with Crippen molar-refractivity contribution in [1.82, 2.24) is 19.8 Å². The van der Waals surface area contributed by atoms with Gasteiger partial charge in [-0.3, -0.25) is 9.78 Å². The summed E-state index contributed by atoms with van der Waals surface area (Å²) >= 11 is 1.35. The summed E-state index contributed by atoms with van der Waals surface area (Å²) in [5.41, 5.74) is 4.73. The van der Waals surface area contributed by atoms with E-state index in [4.69, 9.17) is 14.5 Å². The molecule has 1 aromatic carbocycles. The predicted octanol–water partition coefficient (Wildman–Crippen LogP) is 4.10. The molecule has 3 aromatic rings. The molecule has 2 aliphatic rings. The lowest BCUT2D eigenvalue weighted by Gasteiger charge is -2.36. The van der Waals surface area contributed by atoms with Crippen LogP contribution in [0.3, 0.4) is 0 Å². The number of aromatic nitrogens is 2. The molecular weight excluding hydrogens is 490 g/mol. The van der Waals surface area contributed by atoms with Crippen LogP contribution in [-0.4, -0.2) is 83.8 Å². The smallest absolute Gasteiger partial charge is 0.409 e. The number of para-hydroxylation sites is 1. The van der Waals surface area contributed by atoms with E-state index in [-0.39, 0.29) is 18.1 Å². The molecular formula is C27H33N5O4S. The minimum absolute atomic E-state index is 0.0316. The Morgan fingerprint density at radius 1 is 1.24 bits per heavy atom. The van der Waals surface area contributed by atoms with Crippen LogP contribution < -0.4 is 4.90 Å². The summed E-state index contributed by atoms with van der Waals surface area (Å²) in [6.45, 7) is 8.33. The van der Waals surface area contributed by atoms with Gasteiger partial charge in [0.25, 0.3) is 5.91 Å². The van der Waals surface area contributed by atoms with Crippen LogP contribution in [0.25, 0.3) is 10.9 Å². The van der Waals surface area contributed by atoms with E-state index in [1.54, 1.807) is 16.6 Å². The lowest BCUT2D eigenvalue weighted by molar-refractivity contribution is 0.0510. The summed E-state index contributed by atoms with van der Waals surface area (Å²) in [4.78, 5) is 41.5. The number of thiazole rings is 1. The summed E-state index contributed by atoms with van der Waals surface area (Å²) < 4.78 is 11.1. The number of fused-ring (bicyclic) bond motifs is 1. The molecule has 5 rings (SSSR count). The molecule has 0 radical (unpaired) electrons. The highest BCUT2D eigenvalue weighted by atomic mass is 32.1. The molecule has 4 heterocycles. The Bertz CT molecular complexity index is 1240. The highest BCUT2D eigenvalue weighted by molar-refractivity contribution is 7.11. The average Bonchev–Trinajstić information content (AvgIpc) is 3.63. The summed E-state index contributed by atoms with van der Waals surface area (Å²) in [5.74, 6) is 0.820. The van der Waals surface area contributed by atoms with Gasteiger partial charge in [-0.25, -0.2) is 9.78 Å². The molecule has 2 fully saturated rings. The number of piperazine rings is 1. The number of carbonyl (C=O) groups is 2. The van der Waals surface area contributed by atoms with Crippen molar-refractivity contribution in [2.45, 2.75) is 39.3 Å². The highest BCUT2D eigenvalue weighted by Gasteiger charge is 2.28. The molecule has 0 saturated carbocycles. The standard InChI is InChI=1S/C27H33N5O4S/c1-3-35-27(34)31-11-9-30(10-12-31)25-21(14-20-7-4-6-19(2)24(20)29-25)16-32(17-22-8-5-13-36-22)26(33)23-15-28-18-37-23/h4,6-7,14-15,18,22H,3,5,8-13,16-17H2,1-2H3/t22-/m1/s1. The van der Waals surface area contributed by atoms with Crippen LogP contribution in [0.15, 0.2) is 36.0 Å². The van der Waals surface area contributed by atoms with Crippen LogP contribution >= 0.6 is 11.3 Å². The van der Waals surface area contributed by atoms with E-state index in [1.165, 1.54) is 11.3 Å². The second-order valence-corrected chi connectivity index (χ2v) is 10.4. The first-order valence-electron chi connectivity index (χ1n) is 12.9. The highest BCUT2D eigenvalue weighted by Crippen LogP contribution is 2.29. The molecule has 2 saturated heterocycles. The number of rotatable bonds is 7. The van der Waals surface area contributed by atoms with Crippen molar-refractivity contribution in [3.63, 3.8) is 0 Å². The Labute approximate surface area is 221 Å². The van der Waals surface area contributed by atoms with Gasteiger partial charge in [0.2, 0.25) is 0 Å². The van der Waals surface area contributed by atoms with E-state index in [9.17, 15) is 9.59 Å². The van der Waals surface area contributed by atoms with Gasteiger partial charge in [0.05, 0.1) is 29.9 Å². The zero-order chi connectivity index (χ0) is 25.8. The van der Waals surface area contributed by atoms with Gasteiger partial charge in [0.1, 0.15) is 10.7 Å². The number of pyridine rings is 1. The quantitative estimate of drug-likeness (QED) is 0.461. The first-order valence-corrected chi connectivity index (χ1v) is 13.8. The molecule has 0 spiro atoms. The molecule has 0 N–H and O–H groups in total. The number of hydrogen-bond acceptors (Lipinski definition) is 8. The molecule has 2 aliphatic heterocycles. The summed E-state index contributed by atoms with van der Waals surface area (Å²) in [7, 11) is 0. The van der Waals surface area contributed by atoms with Crippen LogP contribution in [0.2, 0.25) is 0 Å². The Hall–Kier alpha value is -3.24. The van der Waals surface area contributed by atoms with Crippen LogP contribution in [0.1, 0.15) is 40.6 Å². The molecule has 9 nitrogen and oxygen atoms in total. The third kappa shape index (κ3) is 5.70. The van der Waals surface area contributed by atoms with Crippen LogP contribution in [-0.2, 0) is 16.0 Å². The van der Waals surface area contributed by atoms with Crippen molar-refractivity contribution >= 4 is 40.1 Å². The lowest BCUT2D eigenvalue weighted by Crippen LogP contribution is -2.49. The Kier molecular flexibility index (Phi) is 7.85. The van der Waals surface area contributed by atoms with Gasteiger partial charge in [-0.2, -0.15) is 0 Å². The number of anilines is 1. The van der Waals surface area contributed by atoms with Gasteiger partial charge in [-0.1, -0.05) is 18.2 Å². The van der Waals surface area contributed by atoms with Crippen LogP contribution in [0.5, 0.6) is 0 Å². The third-order valence-electron chi connectivity index (χ3n) is 6.95. The Morgan fingerprint density at radius 3 is 2.78 bits per heavy atom. The van der Waals surface area contributed by atoms with Crippen molar-refractivity contribution in [3.8, 4) is 0 Å². The average molecular weight is 524 g/mol. The molecule has 0 aliphatic carbocycles. The van der Waals surface area contributed by atoms with Crippen molar-refractivity contribution in [2.24, 2.45) is 0 Å². The fraction of sp³-hybridized carbons (Fsp3) is 0.481. The van der Waals surface area contributed by atoms with Gasteiger partial charge < -0.3 is 24.2 Å². The zero-order valence-electron chi connectivity index (χ0n) is 21.4. The zero-order valence-corrected chi connectivity index (χ0v) is 22.2. The molecule has 1 atom stereocenters. The minimum Gasteiger partial charge on any atom is -0.450 e. The van der Waals surface area contributed by atoms with E-state index in [1.807, 2.05) is 17.9 Å². The van der Waals surface area contributed by atoms with Crippen molar-refractivity contribution in [2.75, 3.05) is 50.8 Å². The van der Waals surface area contributed by atoms with Gasteiger partial charge in [-0.15, -0.1) is 11.3 Å². The molecule has 0 bridgehead atoms. The van der Waals surface area contributed by atoms with Gasteiger partial charge >= 0.3 is 6.09 Å². The number of carbonyl (C=O) groups excluding carboxylic acids is 2. The van der Waals surface area contributed by atoms with E-state index in [2.05, 4.69) is 35.0 Å². The maximum absolute atomic E-state index is 13.5. The number of hydrogen-bond donors (Lipinski definition) is 0. The van der Waals surface area contributed by atoms with Gasteiger partial charge in [-0.05, 0) is 38.3 Å². The first-order chi connectivity index (χ1) is 18.0. The maximum Gasteiger partial charge on any atom is 0.409 e. The monoisotopic (exact) mass is 523 g/mol. The third-order valence-corrected chi connectivity index (χ3v) is 7.71. The van der Waals surface area contributed by atoms with E-state index in [0.717, 1.165) is 47.3 Å². The number of nitrogens with zero attached hydrogens (tertiary/aromatic N) is 5. The number of amides is 2. The normalized spacial score (nSPS) is 17.8. The fourth-order valence-corrected chi connectivity index (χ4v) is 5.61. The number of ether oxygens (including phenoxy) is 2. The molecule has 10 heteroatoms. The summed E-state index contributed by atoms with van der Waals surface area (Å²) in [6, 6.07) is 8.32. The van der Waals surface area contributed by atoms with Crippen LogP contribution in [0.4, 0.5) is 10.6 Å². The Balaban J connectivity index is 1.46. The fourth-order valence-electron chi connectivity index (χ4n) is 5.02. The molecule has 196 valence electrons. The van der Waals surface area contributed by atoms with E-state index >= 15 is 0 Å². The number of benzene rings is 1. The van der Waals surface area contributed by atoms with Gasteiger partial charge in [0.15, 0.2) is 0 Å². The topological polar surface area (TPSA) is 88.1 Å². The van der Waals surface area contributed by atoms with Crippen molar-refractivity contribution in [3.05, 3.63) is 52.0 Å². The predicted molar refractivity (Wildman–Crippen MR) is 143 cm³/mol. The van der Waals surface area contributed by atoms with Crippen molar-refractivity contribution < 1.29 is 19.1 Å². The Morgan fingerprint density at radius 2 is 2.08 bits per heavy atom. The SMILES string of the molecule is CCOC(=O)N1CCN(c2nc3c(C)cccc3cc2CN(C[C@H]2CCCO2)C(=O)c2cncs2)CC1. The number of aryl methyl sites for hydroxylation is 1. The summed E-state index contributed by atoms with van der Waals surface area (Å²) in [6.07, 6.45) is 3.35. The minimum atomic E-state index is -0.275. The molecule has 2 aromatic heterocycles. The van der Waals surface area contributed by atoms with Gasteiger partial charge in [0, 0.05) is 56.8 Å². The van der Waals surface area contributed by atoms with E-state index < -0.39 is 0 Å². The molecule has 37 heavy (non-hydrogen) atoms. The maximum atomic E-state index is 13.5. The molecule has 2 amide bonds. The lowest BCUT2D eigenvalue weighted by atomic mass is 10.1. The molecule has 0 unspecified atom stereocenters. The van der Waals surface area contributed by atoms with Crippen molar-refractivity contribution in [1.29, 1.82) is 0 Å². The second-order valence-electron chi connectivity index (χ2n) is 9.48. The second kappa shape index (κ2) is 11.4. The largest absolute Gasteiger partial charge is 0.450 e. The van der Waals surface area contributed by atoms with E-state index in [0.29, 0.717) is 50.8 Å².